The van der Waals surface area contributed by atoms with Crippen molar-refractivity contribution in [2.75, 3.05) is 16.9 Å². The first-order valence-corrected chi connectivity index (χ1v) is 8.22. The van der Waals surface area contributed by atoms with Gasteiger partial charge in [0.25, 0.3) is 0 Å². The number of amides is 1. The summed E-state index contributed by atoms with van der Waals surface area (Å²) in [6, 6.07) is 11.4. The lowest BCUT2D eigenvalue weighted by atomic mass is 10.1. The number of aryl methyl sites for hydroxylation is 1. The Morgan fingerprint density at radius 1 is 1.25 bits per heavy atom. The van der Waals surface area contributed by atoms with Crippen molar-refractivity contribution in [2.24, 2.45) is 0 Å². The van der Waals surface area contributed by atoms with Crippen LogP contribution >= 0.6 is 11.8 Å². The summed E-state index contributed by atoms with van der Waals surface area (Å²) in [6.07, 6.45) is 3.23. The van der Waals surface area contributed by atoms with Crippen molar-refractivity contribution in [1.82, 2.24) is 19.9 Å². The van der Waals surface area contributed by atoms with Crippen molar-refractivity contribution in [3.8, 4) is 11.4 Å². The molecule has 0 fully saturated rings. The van der Waals surface area contributed by atoms with E-state index >= 15 is 0 Å². The smallest absolute Gasteiger partial charge is 0.234 e. The lowest BCUT2D eigenvalue weighted by molar-refractivity contribution is -0.113. The van der Waals surface area contributed by atoms with E-state index in [9.17, 15) is 4.79 Å². The molecular formula is C16H16N6OS. The van der Waals surface area contributed by atoms with Crippen LogP contribution in [0.1, 0.15) is 5.56 Å². The SMILES string of the molecule is Cc1ccc(-c2nnc(SCC(=O)Nc3cccnc3)n2N)cc1. The molecule has 122 valence electrons. The molecule has 0 unspecified atom stereocenters. The van der Waals surface area contributed by atoms with E-state index in [1.165, 1.54) is 16.4 Å². The van der Waals surface area contributed by atoms with E-state index in [2.05, 4.69) is 20.5 Å². The van der Waals surface area contributed by atoms with Gasteiger partial charge >= 0.3 is 0 Å². The Labute approximate surface area is 143 Å². The van der Waals surface area contributed by atoms with Gasteiger partial charge in [0.05, 0.1) is 17.6 Å². The average Bonchev–Trinajstić information content (AvgIpc) is 2.95. The number of nitrogens with zero attached hydrogens (tertiary/aromatic N) is 4. The molecule has 0 saturated heterocycles. The summed E-state index contributed by atoms with van der Waals surface area (Å²) < 4.78 is 1.40. The first-order chi connectivity index (χ1) is 11.6. The fraction of sp³-hybridized carbons (Fsp3) is 0.125. The quantitative estimate of drug-likeness (QED) is 0.545. The Hall–Kier alpha value is -2.87. The zero-order valence-corrected chi connectivity index (χ0v) is 13.8. The lowest BCUT2D eigenvalue weighted by Crippen LogP contribution is -2.16. The Kier molecular flexibility index (Phi) is 4.76. The maximum Gasteiger partial charge on any atom is 0.234 e. The minimum absolute atomic E-state index is 0.159. The van der Waals surface area contributed by atoms with Gasteiger partial charge < -0.3 is 11.2 Å². The first kappa shape index (κ1) is 16.0. The molecule has 0 aliphatic carbocycles. The van der Waals surface area contributed by atoms with Crippen LogP contribution in [0.15, 0.2) is 53.9 Å². The average molecular weight is 340 g/mol. The molecular weight excluding hydrogens is 324 g/mol. The fourth-order valence-corrected chi connectivity index (χ4v) is 2.70. The van der Waals surface area contributed by atoms with Crippen molar-refractivity contribution < 1.29 is 4.79 Å². The molecule has 2 aromatic heterocycles. The maximum atomic E-state index is 12.0. The van der Waals surface area contributed by atoms with Gasteiger partial charge in [-0.15, -0.1) is 10.2 Å². The zero-order valence-electron chi connectivity index (χ0n) is 13.0. The molecule has 0 radical (unpaired) electrons. The Morgan fingerprint density at radius 3 is 2.75 bits per heavy atom. The van der Waals surface area contributed by atoms with Gasteiger partial charge in [-0.2, -0.15) is 0 Å². The van der Waals surface area contributed by atoms with E-state index in [4.69, 9.17) is 5.84 Å². The molecule has 0 bridgehead atoms. The Bertz CT molecular complexity index is 832. The normalized spacial score (nSPS) is 10.5. The number of nitrogens with one attached hydrogen (secondary N) is 1. The van der Waals surface area contributed by atoms with E-state index in [1.807, 2.05) is 31.2 Å². The number of nitrogens with two attached hydrogens (primary N) is 1. The molecule has 0 spiro atoms. The number of hydrogen-bond acceptors (Lipinski definition) is 6. The van der Waals surface area contributed by atoms with Gasteiger partial charge in [0.15, 0.2) is 5.82 Å². The van der Waals surface area contributed by atoms with E-state index in [0.717, 1.165) is 11.1 Å². The van der Waals surface area contributed by atoms with Crippen LogP contribution in [-0.2, 0) is 4.79 Å². The van der Waals surface area contributed by atoms with Crippen molar-refractivity contribution in [2.45, 2.75) is 12.1 Å². The summed E-state index contributed by atoms with van der Waals surface area (Å²) in [6.45, 7) is 2.01. The second kappa shape index (κ2) is 7.14. The maximum absolute atomic E-state index is 12.0. The van der Waals surface area contributed by atoms with Crippen LogP contribution in [-0.4, -0.2) is 31.5 Å². The van der Waals surface area contributed by atoms with Crippen molar-refractivity contribution in [1.29, 1.82) is 0 Å². The fourth-order valence-electron chi connectivity index (χ4n) is 2.04. The van der Waals surface area contributed by atoms with E-state index in [-0.39, 0.29) is 11.7 Å². The molecule has 3 rings (SSSR count). The van der Waals surface area contributed by atoms with Crippen LogP contribution in [0.2, 0.25) is 0 Å². The number of anilines is 1. The molecule has 2 heterocycles. The third-order valence-electron chi connectivity index (χ3n) is 3.25. The number of rotatable bonds is 5. The zero-order chi connectivity index (χ0) is 16.9. The number of nitrogen functional groups attached to an aromatic ring is 1. The molecule has 0 saturated carbocycles. The third-order valence-corrected chi connectivity index (χ3v) is 4.20. The summed E-state index contributed by atoms with van der Waals surface area (Å²) in [5, 5.41) is 11.4. The molecule has 1 aromatic carbocycles. The van der Waals surface area contributed by atoms with Crippen molar-refractivity contribution in [3.05, 3.63) is 54.4 Å². The van der Waals surface area contributed by atoms with Gasteiger partial charge in [-0.25, -0.2) is 4.68 Å². The number of thioether (sulfide) groups is 1. The summed E-state index contributed by atoms with van der Waals surface area (Å²) in [5.74, 6) is 6.62. The second-order valence-corrected chi connectivity index (χ2v) is 6.06. The van der Waals surface area contributed by atoms with Crippen molar-refractivity contribution >= 4 is 23.4 Å². The highest BCUT2D eigenvalue weighted by Crippen LogP contribution is 2.22. The number of hydrogen-bond donors (Lipinski definition) is 2. The first-order valence-electron chi connectivity index (χ1n) is 7.23. The van der Waals surface area contributed by atoms with Crippen LogP contribution in [0.5, 0.6) is 0 Å². The largest absolute Gasteiger partial charge is 0.335 e. The third kappa shape index (κ3) is 3.72. The summed E-state index contributed by atoms with van der Waals surface area (Å²) in [7, 11) is 0. The monoisotopic (exact) mass is 340 g/mol. The van der Waals surface area contributed by atoms with Crippen LogP contribution in [0, 0.1) is 6.92 Å². The van der Waals surface area contributed by atoms with Crippen molar-refractivity contribution in [3.63, 3.8) is 0 Å². The molecule has 0 atom stereocenters. The lowest BCUT2D eigenvalue weighted by Gasteiger charge is -2.05. The molecule has 1 amide bonds. The van der Waals surface area contributed by atoms with E-state index in [1.54, 1.807) is 24.5 Å². The molecule has 8 heteroatoms. The minimum Gasteiger partial charge on any atom is -0.335 e. The second-order valence-electron chi connectivity index (χ2n) is 5.12. The summed E-state index contributed by atoms with van der Waals surface area (Å²) >= 11 is 1.22. The Balaban J connectivity index is 1.64. The predicted octanol–water partition coefficient (Wildman–Crippen LogP) is 2.09. The standard InChI is InChI=1S/C16H16N6OS/c1-11-4-6-12(7-5-11)15-20-21-16(22(15)17)24-10-14(23)19-13-3-2-8-18-9-13/h2-9H,10,17H2,1H3,(H,19,23). The van der Waals surface area contributed by atoms with Crippen LogP contribution in [0.25, 0.3) is 11.4 Å². The van der Waals surface area contributed by atoms with Gasteiger partial charge in [-0.3, -0.25) is 9.78 Å². The number of aromatic nitrogens is 4. The van der Waals surface area contributed by atoms with Gasteiger partial charge in [-0.05, 0) is 19.1 Å². The Morgan fingerprint density at radius 2 is 2.04 bits per heavy atom. The number of carbonyl (C=O) groups excluding carboxylic acids is 1. The predicted molar refractivity (Wildman–Crippen MR) is 93.9 cm³/mol. The van der Waals surface area contributed by atoms with Gasteiger partial charge in [0.2, 0.25) is 11.1 Å². The van der Waals surface area contributed by atoms with Gasteiger partial charge in [0.1, 0.15) is 0 Å². The molecule has 3 aromatic rings. The molecule has 0 aliphatic rings. The number of benzene rings is 1. The van der Waals surface area contributed by atoms with E-state index < -0.39 is 0 Å². The minimum atomic E-state index is -0.159. The highest BCUT2D eigenvalue weighted by Gasteiger charge is 2.13. The summed E-state index contributed by atoms with van der Waals surface area (Å²) in [5.41, 5.74) is 2.68. The highest BCUT2D eigenvalue weighted by atomic mass is 32.2. The molecule has 0 aliphatic heterocycles. The van der Waals surface area contributed by atoms with Crippen LogP contribution in [0.3, 0.4) is 0 Å². The topological polar surface area (TPSA) is 98.7 Å². The molecule has 7 nitrogen and oxygen atoms in total. The number of carbonyl (C=O) groups is 1. The highest BCUT2D eigenvalue weighted by molar-refractivity contribution is 7.99. The molecule has 24 heavy (non-hydrogen) atoms. The van der Waals surface area contributed by atoms with E-state index in [0.29, 0.717) is 16.7 Å². The van der Waals surface area contributed by atoms with Gasteiger partial charge in [-0.1, -0.05) is 41.6 Å². The molecule has 3 N–H and O–H groups in total. The van der Waals surface area contributed by atoms with Crippen LogP contribution < -0.4 is 11.2 Å². The van der Waals surface area contributed by atoms with Crippen LogP contribution in [0.4, 0.5) is 5.69 Å². The summed E-state index contributed by atoms with van der Waals surface area (Å²) in [4.78, 5) is 15.9. The van der Waals surface area contributed by atoms with Gasteiger partial charge in [0, 0.05) is 11.8 Å². The number of pyridine rings is 1.